The maximum Gasteiger partial charge on any atom is 0.253 e. The fraction of sp³-hybridized carbons (Fsp3) is 0.636. The number of rotatable bonds is 2. The lowest BCUT2D eigenvalue weighted by Crippen LogP contribution is -2.47. The Kier molecular flexibility index (Phi) is 4.97. The Balaban J connectivity index is 1.49. The van der Waals surface area contributed by atoms with Crippen LogP contribution in [-0.4, -0.2) is 61.0 Å². The van der Waals surface area contributed by atoms with E-state index in [1.165, 1.54) is 0 Å². The van der Waals surface area contributed by atoms with Gasteiger partial charge in [0.1, 0.15) is 0 Å². The number of carbonyl (C=O) groups excluding carboxylic acids is 2. The minimum atomic E-state index is -0.0239. The molecule has 0 radical (unpaired) electrons. The number of carbonyl (C=O) groups is 2. The van der Waals surface area contributed by atoms with Crippen LogP contribution in [0.5, 0.6) is 0 Å². The van der Waals surface area contributed by atoms with Crippen LogP contribution >= 0.6 is 0 Å². The summed E-state index contributed by atoms with van der Waals surface area (Å²) in [6.07, 6.45) is 4.06. The summed E-state index contributed by atoms with van der Waals surface area (Å²) in [4.78, 5) is 30.2. The molecular formula is C22H30N2O3. The molecule has 2 saturated heterocycles. The standard InChI is InChI=1S/C22H30N2O3/c1-16-12-17(2)14-18(13-16)20(25)24-7-6-22(15-24)5-3-4-19(22)21(26)23-8-10-27-11-9-23/h12-14,19H,3-11,15H2,1-2H3/t19-,22+/m1/s1. The first-order valence-corrected chi connectivity index (χ1v) is 10.2. The normalized spacial score (nSPS) is 28.1. The topological polar surface area (TPSA) is 49.9 Å². The summed E-state index contributed by atoms with van der Waals surface area (Å²) < 4.78 is 5.40. The van der Waals surface area contributed by atoms with E-state index in [2.05, 4.69) is 6.07 Å². The highest BCUT2D eigenvalue weighted by molar-refractivity contribution is 5.95. The number of nitrogens with zero attached hydrogens (tertiary/aromatic N) is 2. The molecule has 0 bridgehead atoms. The third-order valence-corrected chi connectivity index (χ3v) is 6.67. The quantitative estimate of drug-likeness (QED) is 0.804. The Morgan fingerprint density at radius 2 is 1.70 bits per heavy atom. The lowest BCUT2D eigenvalue weighted by Gasteiger charge is -2.36. The van der Waals surface area contributed by atoms with Crippen LogP contribution in [0.2, 0.25) is 0 Å². The van der Waals surface area contributed by atoms with Crippen LogP contribution in [-0.2, 0) is 9.53 Å². The summed E-state index contributed by atoms with van der Waals surface area (Å²) in [5, 5.41) is 0. The first-order valence-electron chi connectivity index (χ1n) is 10.2. The average Bonchev–Trinajstić information content (AvgIpc) is 3.28. The molecule has 27 heavy (non-hydrogen) atoms. The van der Waals surface area contributed by atoms with Crippen LogP contribution in [0.3, 0.4) is 0 Å². The maximum absolute atomic E-state index is 13.2. The molecule has 2 aliphatic heterocycles. The van der Waals surface area contributed by atoms with E-state index in [4.69, 9.17) is 4.74 Å². The third kappa shape index (κ3) is 3.49. The SMILES string of the molecule is Cc1cc(C)cc(C(=O)N2CC[C@@]3(CCC[C@@H]3C(=O)N3CCOCC3)C2)c1. The second-order valence-corrected chi connectivity index (χ2v) is 8.60. The second-order valence-electron chi connectivity index (χ2n) is 8.60. The van der Waals surface area contributed by atoms with E-state index in [0.29, 0.717) is 26.3 Å². The minimum Gasteiger partial charge on any atom is -0.378 e. The summed E-state index contributed by atoms with van der Waals surface area (Å²) in [6.45, 7) is 8.24. The molecule has 0 aromatic heterocycles. The van der Waals surface area contributed by atoms with Crippen molar-refractivity contribution in [1.29, 1.82) is 0 Å². The number of aryl methyl sites for hydroxylation is 2. The van der Waals surface area contributed by atoms with Crippen LogP contribution in [0.1, 0.15) is 47.2 Å². The second kappa shape index (κ2) is 7.27. The van der Waals surface area contributed by atoms with Crippen LogP contribution < -0.4 is 0 Å². The number of amides is 2. The van der Waals surface area contributed by atoms with Crippen LogP contribution in [0, 0.1) is 25.2 Å². The molecule has 1 aliphatic carbocycles. The third-order valence-electron chi connectivity index (χ3n) is 6.67. The minimum absolute atomic E-state index is 0.0239. The van der Waals surface area contributed by atoms with Gasteiger partial charge in [0.2, 0.25) is 5.91 Å². The Morgan fingerprint density at radius 3 is 2.41 bits per heavy atom. The number of morpholine rings is 1. The van der Waals surface area contributed by atoms with Crippen molar-refractivity contribution in [3.05, 3.63) is 34.9 Å². The summed E-state index contributed by atoms with van der Waals surface area (Å²) >= 11 is 0. The first-order chi connectivity index (χ1) is 13.0. The highest BCUT2D eigenvalue weighted by Gasteiger charge is 2.52. The Hall–Kier alpha value is -1.88. The number of likely N-dealkylation sites (tertiary alicyclic amines) is 1. The van der Waals surface area contributed by atoms with Crippen LogP contribution in [0.15, 0.2) is 18.2 Å². The summed E-state index contributed by atoms with van der Waals surface area (Å²) in [7, 11) is 0. The number of ether oxygens (including phenoxy) is 1. The van der Waals surface area contributed by atoms with E-state index < -0.39 is 0 Å². The predicted molar refractivity (Wildman–Crippen MR) is 104 cm³/mol. The Morgan fingerprint density at radius 1 is 1.00 bits per heavy atom. The van der Waals surface area contributed by atoms with Crippen molar-refractivity contribution >= 4 is 11.8 Å². The van der Waals surface area contributed by atoms with Gasteiger partial charge in [0, 0.05) is 43.1 Å². The highest BCUT2D eigenvalue weighted by atomic mass is 16.5. The van der Waals surface area contributed by atoms with Gasteiger partial charge in [-0.2, -0.15) is 0 Å². The van der Waals surface area contributed by atoms with Gasteiger partial charge in [-0.25, -0.2) is 0 Å². The van der Waals surface area contributed by atoms with Crippen LogP contribution in [0.4, 0.5) is 0 Å². The lowest BCUT2D eigenvalue weighted by atomic mass is 9.76. The summed E-state index contributed by atoms with van der Waals surface area (Å²) in [5.41, 5.74) is 2.99. The number of hydrogen-bond acceptors (Lipinski definition) is 3. The van der Waals surface area contributed by atoms with Gasteiger partial charge in [0.15, 0.2) is 0 Å². The molecule has 1 aromatic rings. The van der Waals surface area contributed by atoms with Gasteiger partial charge in [-0.15, -0.1) is 0 Å². The van der Waals surface area contributed by atoms with E-state index >= 15 is 0 Å². The molecule has 146 valence electrons. The largest absolute Gasteiger partial charge is 0.378 e. The molecule has 2 amide bonds. The molecule has 0 unspecified atom stereocenters. The zero-order valence-corrected chi connectivity index (χ0v) is 16.5. The molecule has 2 atom stereocenters. The molecule has 2 heterocycles. The monoisotopic (exact) mass is 370 g/mol. The van der Waals surface area contributed by atoms with E-state index in [-0.39, 0.29) is 23.1 Å². The van der Waals surface area contributed by atoms with E-state index in [1.54, 1.807) is 0 Å². The maximum atomic E-state index is 13.2. The van der Waals surface area contributed by atoms with E-state index in [1.807, 2.05) is 35.8 Å². The van der Waals surface area contributed by atoms with Gasteiger partial charge in [0.05, 0.1) is 13.2 Å². The van der Waals surface area contributed by atoms with Crippen molar-refractivity contribution in [2.75, 3.05) is 39.4 Å². The molecule has 4 rings (SSSR count). The van der Waals surface area contributed by atoms with Crippen molar-refractivity contribution in [3.63, 3.8) is 0 Å². The van der Waals surface area contributed by atoms with Crippen molar-refractivity contribution in [1.82, 2.24) is 9.80 Å². The zero-order valence-electron chi connectivity index (χ0n) is 16.5. The number of benzene rings is 1. The molecule has 3 fully saturated rings. The van der Waals surface area contributed by atoms with E-state index in [9.17, 15) is 9.59 Å². The number of hydrogen-bond donors (Lipinski definition) is 0. The fourth-order valence-corrected chi connectivity index (χ4v) is 5.37. The van der Waals surface area contributed by atoms with Gasteiger partial charge in [-0.3, -0.25) is 9.59 Å². The molecule has 1 spiro atoms. The Bertz CT molecular complexity index is 721. The Labute approximate surface area is 161 Å². The molecule has 1 saturated carbocycles. The van der Waals surface area contributed by atoms with Gasteiger partial charge in [-0.1, -0.05) is 23.6 Å². The van der Waals surface area contributed by atoms with Crippen molar-refractivity contribution in [3.8, 4) is 0 Å². The van der Waals surface area contributed by atoms with Crippen molar-refractivity contribution in [2.24, 2.45) is 11.3 Å². The zero-order chi connectivity index (χ0) is 19.0. The highest BCUT2D eigenvalue weighted by Crippen LogP contribution is 2.50. The fourth-order valence-electron chi connectivity index (χ4n) is 5.37. The molecule has 5 nitrogen and oxygen atoms in total. The molecule has 1 aromatic carbocycles. The smallest absolute Gasteiger partial charge is 0.253 e. The molecule has 0 N–H and O–H groups in total. The van der Waals surface area contributed by atoms with E-state index in [0.717, 1.165) is 55.5 Å². The van der Waals surface area contributed by atoms with Gasteiger partial charge in [-0.05, 0) is 45.2 Å². The van der Waals surface area contributed by atoms with Crippen molar-refractivity contribution in [2.45, 2.75) is 39.5 Å². The van der Waals surface area contributed by atoms with Gasteiger partial charge >= 0.3 is 0 Å². The first kappa shape index (κ1) is 18.5. The molecule has 5 heteroatoms. The summed E-state index contributed by atoms with van der Waals surface area (Å²) in [5.74, 6) is 0.465. The molecule has 3 aliphatic rings. The molecular weight excluding hydrogens is 340 g/mol. The summed E-state index contributed by atoms with van der Waals surface area (Å²) in [6, 6.07) is 6.05. The van der Waals surface area contributed by atoms with Crippen molar-refractivity contribution < 1.29 is 14.3 Å². The average molecular weight is 370 g/mol. The van der Waals surface area contributed by atoms with Crippen LogP contribution in [0.25, 0.3) is 0 Å². The lowest BCUT2D eigenvalue weighted by molar-refractivity contribution is -0.143. The predicted octanol–water partition coefficient (Wildman–Crippen LogP) is 2.79. The van der Waals surface area contributed by atoms with Gasteiger partial charge in [0.25, 0.3) is 5.91 Å². The van der Waals surface area contributed by atoms with Gasteiger partial charge < -0.3 is 14.5 Å².